The monoisotopic (exact) mass is 343 g/mol. The molecule has 0 fully saturated rings. The second kappa shape index (κ2) is 7.85. The smallest absolute Gasteiger partial charge is 0.305 e. The van der Waals surface area contributed by atoms with Gasteiger partial charge >= 0.3 is 5.91 Å². The third-order valence-corrected chi connectivity index (χ3v) is 4.03. The number of para-hydroxylation sites is 1. The highest BCUT2D eigenvalue weighted by Gasteiger charge is 2.19. The van der Waals surface area contributed by atoms with Crippen LogP contribution in [0, 0.1) is 0 Å². The molecule has 1 aromatic carbocycles. The van der Waals surface area contributed by atoms with Gasteiger partial charge in [0, 0.05) is 19.3 Å². The molecule has 2 amide bonds. The molecule has 0 saturated carbocycles. The van der Waals surface area contributed by atoms with E-state index in [2.05, 4.69) is 16.9 Å². The number of hydrazine groups is 1. The van der Waals surface area contributed by atoms with Crippen molar-refractivity contribution in [3.05, 3.63) is 53.5 Å². The summed E-state index contributed by atoms with van der Waals surface area (Å²) in [6.45, 7) is 1.29. The third-order valence-electron chi connectivity index (χ3n) is 4.03. The van der Waals surface area contributed by atoms with Gasteiger partial charge in [-0.3, -0.25) is 20.4 Å². The number of ether oxygens (including phenoxy) is 1. The van der Waals surface area contributed by atoms with E-state index in [4.69, 9.17) is 9.15 Å². The van der Waals surface area contributed by atoms with Gasteiger partial charge in [0.05, 0.1) is 6.54 Å². The Labute approximate surface area is 145 Å². The fourth-order valence-electron chi connectivity index (χ4n) is 2.90. The number of anilines is 1. The van der Waals surface area contributed by atoms with Gasteiger partial charge in [-0.25, -0.2) is 0 Å². The summed E-state index contributed by atoms with van der Waals surface area (Å²) < 4.78 is 10.2. The van der Waals surface area contributed by atoms with Gasteiger partial charge in [0.1, 0.15) is 12.4 Å². The lowest BCUT2D eigenvalue weighted by Gasteiger charge is -2.30. The van der Waals surface area contributed by atoms with Crippen LogP contribution in [-0.4, -0.2) is 32.0 Å². The first-order valence-electron chi connectivity index (χ1n) is 8.17. The molecule has 1 aliphatic heterocycles. The Kier molecular flexibility index (Phi) is 5.35. The van der Waals surface area contributed by atoms with Crippen LogP contribution in [0.25, 0.3) is 0 Å². The average Bonchev–Trinajstić information content (AvgIpc) is 3.09. The number of methoxy groups -OCH3 is 1. The minimum Gasteiger partial charge on any atom is -0.453 e. The molecule has 0 radical (unpaired) electrons. The molecule has 7 heteroatoms. The Bertz CT molecular complexity index is 756. The van der Waals surface area contributed by atoms with Gasteiger partial charge in [0.25, 0.3) is 5.91 Å². The Morgan fingerprint density at radius 1 is 1.20 bits per heavy atom. The van der Waals surface area contributed by atoms with Crippen molar-refractivity contribution in [2.45, 2.75) is 19.4 Å². The predicted octanol–water partition coefficient (Wildman–Crippen LogP) is 1.64. The quantitative estimate of drug-likeness (QED) is 0.807. The van der Waals surface area contributed by atoms with Gasteiger partial charge in [-0.05, 0) is 36.6 Å². The number of fused-ring (bicyclic) bond motifs is 1. The molecular formula is C18H21N3O4. The Balaban J connectivity index is 1.52. The van der Waals surface area contributed by atoms with Crippen molar-refractivity contribution in [1.29, 1.82) is 0 Å². The lowest BCUT2D eigenvalue weighted by Crippen LogP contribution is -2.47. The van der Waals surface area contributed by atoms with Crippen LogP contribution in [0.15, 0.2) is 40.8 Å². The van der Waals surface area contributed by atoms with Gasteiger partial charge in [-0.1, -0.05) is 18.2 Å². The van der Waals surface area contributed by atoms with E-state index in [1.165, 1.54) is 11.6 Å². The molecule has 2 aromatic rings. The number of hydrogen-bond acceptors (Lipinski definition) is 5. The Hall–Kier alpha value is -2.80. The molecule has 0 saturated heterocycles. The van der Waals surface area contributed by atoms with E-state index >= 15 is 0 Å². The van der Waals surface area contributed by atoms with Crippen LogP contribution in [0.3, 0.4) is 0 Å². The maximum Gasteiger partial charge on any atom is 0.305 e. The normalized spacial score (nSPS) is 13.2. The molecule has 1 aliphatic rings. The standard InChI is InChI=1S/C18H21N3O4/c1-24-12-14-8-9-16(25-14)18(23)20-19-17(22)11-21-10-4-6-13-5-2-3-7-15(13)21/h2-3,5,7-9H,4,6,10-12H2,1H3,(H,19,22)(H,20,23). The van der Waals surface area contributed by atoms with Crippen molar-refractivity contribution in [1.82, 2.24) is 10.9 Å². The molecule has 2 heterocycles. The van der Waals surface area contributed by atoms with Crippen molar-refractivity contribution in [3.63, 3.8) is 0 Å². The molecule has 0 bridgehead atoms. The zero-order valence-electron chi connectivity index (χ0n) is 14.1. The van der Waals surface area contributed by atoms with Crippen LogP contribution >= 0.6 is 0 Å². The van der Waals surface area contributed by atoms with Crippen molar-refractivity contribution in [2.24, 2.45) is 0 Å². The summed E-state index contributed by atoms with van der Waals surface area (Å²) in [5, 5.41) is 0. The molecule has 25 heavy (non-hydrogen) atoms. The molecule has 2 N–H and O–H groups in total. The van der Waals surface area contributed by atoms with Gasteiger partial charge < -0.3 is 14.1 Å². The fraction of sp³-hybridized carbons (Fsp3) is 0.333. The summed E-state index contributed by atoms with van der Waals surface area (Å²) in [6, 6.07) is 11.3. The Morgan fingerprint density at radius 3 is 2.88 bits per heavy atom. The molecule has 3 rings (SSSR count). The van der Waals surface area contributed by atoms with E-state index in [-0.39, 0.29) is 24.8 Å². The fourth-order valence-corrected chi connectivity index (χ4v) is 2.90. The number of carbonyl (C=O) groups excluding carboxylic acids is 2. The molecule has 7 nitrogen and oxygen atoms in total. The highest BCUT2D eigenvalue weighted by Crippen LogP contribution is 2.26. The van der Waals surface area contributed by atoms with Crippen LogP contribution in [0.5, 0.6) is 0 Å². The minimum absolute atomic E-state index is 0.121. The summed E-state index contributed by atoms with van der Waals surface area (Å²) >= 11 is 0. The number of nitrogens with one attached hydrogen (secondary N) is 2. The van der Waals surface area contributed by atoms with E-state index in [9.17, 15) is 9.59 Å². The molecule has 0 atom stereocenters. The number of aryl methyl sites for hydroxylation is 1. The molecule has 0 aliphatic carbocycles. The predicted molar refractivity (Wildman–Crippen MR) is 92.0 cm³/mol. The Morgan fingerprint density at radius 2 is 2.04 bits per heavy atom. The van der Waals surface area contributed by atoms with E-state index in [0.717, 1.165) is 25.1 Å². The number of nitrogens with zero attached hydrogens (tertiary/aromatic N) is 1. The van der Waals surface area contributed by atoms with Crippen LogP contribution in [0.1, 0.15) is 28.3 Å². The van der Waals surface area contributed by atoms with Gasteiger partial charge in [-0.15, -0.1) is 0 Å². The van der Waals surface area contributed by atoms with Crippen molar-refractivity contribution in [3.8, 4) is 0 Å². The number of furan rings is 1. The molecule has 0 spiro atoms. The first-order chi connectivity index (χ1) is 12.2. The summed E-state index contributed by atoms with van der Waals surface area (Å²) in [5.74, 6) is -0.122. The first kappa shape index (κ1) is 17.0. The molecular weight excluding hydrogens is 322 g/mol. The third kappa shape index (κ3) is 4.19. The first-order valence-corrected chi connectivity index (χ1v) is 8.17. The second-order valence-electron chi connectivity index (χ2n) is 5.86. The van der Waals surface area contributed by atoms with E-state index in [1.54, 1.807) is 13.2 Å². The maximum atomic E-state index is 12.1. The minimum atomic E-state index is -0.505. The summed E-state index contributed by atoms with van der Waals surface area (Å²) in [6.07, 6.45) is 2.03. The zero-order valence-corrected chi connectivity index (χ0v) is 14.1. The summed E-state index contributed by atoms with van der Waals surface area (Å²) in [7, 11) is 1.54. The zero-order chi connectivity index (χ0) is 17.6. The lowest BCUT2D eigenvalue weighted by atomic mass is 10.0. The van der Waals surface area contributed by atoms with Crippen LogP contribution < -0.4 is 15.8 Å². The van der Waals surface area contributed by atoms with Crippen molar-refractivity contribution < 1.29 is 18.7 Å². The summed E-state index contributed by atoms with van der Waals surface area (Å²) in [4.78, 5) is 26.1. The number of carbonyl (C=O) groups is 2. The topological polar surface area (TPSA) is 83.8 Å². The average molecular weight is 343 g/mol. The lowest BCUT2D eigenvalue weighted by molar-refractivity contribution is -0.120. The van der Waals surface area contributed by atoms with Crippen LogP contribution in [0.2, 0.25) is 0 Å². The summed E-state index contributed by atoms with van der Waals surface area (Å²) in [5.41, 5.74) is 7.11. The van der Waals surface area contributed by atoms with E-state index in [1.807, 2.05) is 23.1 Å². The molecule has 132 valence electrons. The van der Waals surface area contributed by atoms with E-state index in [0.29, 0.717) is 5.76 Å². The van der Waals surface area contributed by atoms with Crippen LogP contribution in [0.4, 0.5) is 5.69 Å². The number of benzene rings is 1. The van der Waals surface area contributed by atoms with E-state index < -0.39 is 5.91 Å². The highest BCUT2D eigenvalue weighted by atomic mass is 16.5. The number of hydrogen-bond donors (Lipinski definition) is 2. The number of amides is 2. The van der Waals surface area contributed by atoms with Crippen molar-refractivity contribution >= 4 is 17.5 Å². The maximum absolute atomic E-state index is 12.1. The highest BCUT2D eigenvalue weighted by molar-refractivity contribution is 5.93. The largest absolute Gasteiger partial charge is 0.453 e. The number of rotatable bonds is 5. The van der Waals surface area contributed by atoms with Crippen LogP contribution in [-0.2, 0) is 22.6 Å². The molecule has 1 aromatic heterocycles. The van der Waals surface area contributed by atoms with Gasteiger partial charge in [0.15, 0.2) is 5.76 Å². The molecule has 0 unspecified atom stereocenters. The second-order valence-corrected chi connectivity index (χ2v) is 5.86. The SMILES string of the molecule is COCc1ccc(C(=O)NNC(=O)CN2CCCc3ccccc32)o1. The van der Waals surface area contributed by atoms with Gasteiger partial charge in [-0.2, -0.15) is 0 Å². The van der Waals surface area contributed by atoms with Gasteiger partial charge in [0.2, 0.25) is 0 Å². The van der Waals surface area contributed by atoms with Crippen molar-refractivity contribution in [2.75, 3.05) is 25.1 Å².